The van der Waals surface area contributed by atoms with Gasteiger partial charge >= 0.3 is 0 Å². The number of rotatable bonds is 9. The molecule has 0 amide bonds. The van der Waals surface area contributed by atoms with Gasteiger partial charge in [-0.1, -0.05) is 169 Å². The predicted octanol–water partition coefficient (Wildman–Crippen LogP) is 16.0. The van der Waals surface area contributed by atoms with E-state index in [-0.39, 0.29) is 49.6 Å². The van der Waals surface area contributed by atoms with Gasteiger partial charge in [-0.3, -0.25) is 9.55 Å². The number of hydrogen-bond acceptors (Lipinski definition) is 3. The van der Waals surface area contributed by atoms with Gasteiger partial charge in [0.25, 0.3) is 0 Å². The Morgan fingerprint density at radius 1 is 0.562 bits per heavy atom. The van der Waals surface area contributed by atoms with Crippen LogP contribution < -0.4 is 0 Å². The van der Waals surface area contributed by atoms with Crippen LogP contribution in [-0.2, 0) is 26.5 Å². The molecule has 9 rings (SSSR count). The smallest absolute Gasteiger partial charge is 0.149 e. The monoisotopic (exact) mass is 1020 g/mol. The molecule has 64 heavy (non-hydrogen) atoms. The zero-order chi connectivity index (χ0) is 46.5. The van der Waals surface area contributed by atoms with Crippen molar-refractivity contribution in [3.63, 3.8) is 0 Å². The molecular weight excluding hydrogens is 962 g/mol. The molecule has 2 heterocycles. The van der Waals surface area contributed by atoms with Crippen molar-refractivity contribution in [2.75, 3.05) is 0 Å². The van der Waals surface area contributed by atoms with Crippen molar-refractivity contribution in [1.29, 1.82) is 0 Å². The van der Waals surface area contributed by atoms with Gasteiger partial charge in [-0.05, 0) is 123 Å². The second-order valence-electron chi connectivity index (χ2n) is 18.3. The second kappa shape index (κ2) is 18.0. The third kappa shape index (κ3) is 8.65. The summed E-state index contributed by atoms with van der Waals surface area (Å²) in [5.74, 6) is 0.991. The number of nitrogens with zero attached hydrogens (tertiary/aromatic N) is 3. The summed E-state index contributed by atoms with van der Waals surface area (Å²) in [7, 11) is 0. The van der Waals surface area contributed by atoms with Gasteiger partial charge in [-0.2, -0.15) is 0 Å². The maximum Gasteiger partial charge on any atom is 0.149 e. The fourth-order valence-corrected chi connectivity index (χ4v) is 8.58. The molecule has 5 heteroatoms. The minimum atomic E-state index is -2.32. The molecule has 0 saturated carbocycles. The number of imidazole rings is 1. The fraction of sp³-hybridized carbons (Fsp3) is 0.186. The van der Waals surface area contributed by atoms with Crippen LogP contribution in [0.4, 0.5) is 0 Å². The number of hydrogen-bond donors (Lipinski definition) is 1. The van der Waals surface area contributed by atoms with Gasteiger partial charge in [-0.25, -0.2) is 4.98 Å². The molecule has 0 aliphatic carbocycles. The summed E-state index contributed by atoms with van der Waals surface area (Å²) >= 11 is 0. The average Bonchev–Trinajstić information content (AvgIpc) is 3.70. The van der Waals surface area contributed by atoms with Crippen molar-refractivity contribution < 1.29 is 30.3 Å². The molecule has 9 aromatic rings. The fourth-order valence-electron chi connectivity index (χ4n) is 8.58. The van der Waals surface area contributed by atoms with Gasteiger partial charge in [0, 0.05) is 48.1 Å². The summed E-state index contributed by atoms with van der Waals surface area (Å²) in [5, 5.41) is 12.3. The van der Waals surface area contributed by atoms with E-state index in [0.29, 0.717) is 11.4 Å². The third-order valence-corrected chi connectivity index (χ3v) is 12.2. The van der Waals surface area contributed by atoms with E-state index in [0.717, 1.165) is 78.0 Å². The number of pyridine rings is 1. The summed E-state index contributed by atoms with van der Waals surface area (Å²) in [6.45, 7) is 12.9. The molecule has 0 aliphatic heterocycles. The third-order valence-electron chi connectivity index (χ3n) is 12.2. The number of para-hydroxylation sites is 1. The molecule has 0 bridgehead atoms. The van der Waals surface area contributed by atoms with Crippen LogP contribution >= 0.6 is 0 Å². The van der Waals surface area contributed by atoms with Crippen molar-refractivity contribution in [3.05, 3.63) is 192 Å². The zero-order valence-electron chi connectivity index (χ0n) is 40.4. The average molecular weight is 1020 g/mol. The van der Waals surface area contributed by atoms with Crippen LogP contribution in [-0.4, -0.2) is 19.6 Å². The Labute approximate surface area is 397 Å². The van der Waals surface area contributed by atoms with Crippen molar-refractivity contribution in [3.8, 4) is 78.6 Å². The number of fused-ring (bicyclic) bond motifs is 1. The molecular formula is C59H55N3OPt. The molecule has 0 unspecified atom stereocenters. The van der Waals surface area contributed by atoms with Crippen LogP contribution in [0.1, 0.15) is 86.7 Å². The number of phenols is 1. The van der Waals surface area contributed by atoms with Gasteiger partial charge in [0.1, 0.15) is 11.6 Å². The van der Waals surface area contributed by atoms with E-state index in [1.807, 2.05) is 48.7 Å². The topological polar surface area (TPSA) is 50.9 Å². The molecule has 0 fully saturated rings. The normalized spacial score (nSPS) is 12.5. The zero-order valence-corrected chi connectivity index (χ0v) is 39.7. The van der Waals surface area contributed by atoms with Crippen molar-refractivity contribution in [2.45, 2.75) is 72.6 Å². The van der Waals surface area contributed by atoms with E-state index < -0.39 is 6.85 Å². The minimum absolute atomic E-state index is 0. The molecule has 0 radical (unpaired) electrons. The molecule has 0 spiro atoms. The Morgan fingerprint density at radius 3 is 1.88 bits per heavy atom. The molecule has 322 valence electrons. The van der Waals surface area contributed by atoms with Gasteiger partial charge in [-0.15, -0.1) is 0 Å². The van der Waals surface area contributed by atoms with Gasteiger partial charge in [0.05, 0.1) is 28.0 Å². The first-order valence-electron chi connectivity index (χ1n) is 23.4. The summed E-state index contributed by atoms with van der Waals surface area (Å²) in [6, 6.07) is 55.7. The maximum atomic E-state index is 12.3. The number of aromatic hydroxyl groups is 1. The van der Waals surface area contributed by atoms with E-state index in [9.17, 15) is 5.11 Å². The maximum absolute atomic E-state index is 12.3. The Hall–Kier alpha value is -6.35. The molecule has 0 aliphatic rings. The Balaban J connectivity index is 0.00000608. The SMILES string of the molecule is [2H]C([2H])([2H])c1ccc(-n2c(-c3cc(C(C)C)cc(C(C)C)c3O)nc3c(-c4cc(-c5cc(-c6ccc(-c7ccccc7)cc6)ccn5)cc(C(C)(C)C)c4)cccc32)c(-c2ccccc2)c1.[Pt]. The first kappa shape index (κ1) is 40.4. The van der Waals surface area contributed by atoms with Crippen molar-refractivity contribution in [2.24, 2.45) is 0 Å². The quantitative estimate of drug-likeness (QED) is 0.157. The molecule has 0 atom stereocenters. The summed E-state index contributed by atoms with van der Waals surface area (Å²) < 4.78 is 27.2. The van der Waals surface area contributed by atoms with E-state index in [1.165, 1.54) is 11.1 Å². The second-order valence-corrected chi connectivity index (χ2v) is 18.3. The van der Waals surface area contributed by atoms with E-state index in [1.54, 1.807) is 12.1 Å². The van der Waals surface area contributed by atoms with Crippen molar-refractivity contribution >= 4 is 11.0 Å². The Morgan fingerprint density at radius 2 is 1.22 bits per heavy atom. The summed E-state index contributed by atoms with van der Waals surface area (Å²) in [6.07, 6.45) is 1.89. The largest absolute Gasteiger partial charge is 0.507 e. The summed E-state index contributed by atoms with van der Waals surface area (Å²) in [4.78, 5) is 10.5. The molecule has 2 aromatic heterocycles. The number of aryl methyl sites for hydroxylation is 1. The van der Waals surface area contributed by atoms with Crippen LogP contribution in [0.5, 0.6) is 5.75 Å². The first-order chi connectivity index (χ1) is 31.5. The minimum Gasteiger partial charge on any atom is -0.507 e. The van der Waals surface area contributed by atoms with Crippen LogP contribution in [0.25, 0.3) is 83.9 Å². The molecule has 0 saturated heterocycles. The first-order valence-corrected chi connectivity index (χ1v) is 21.9. The van der Waals surface area contributed by atoms with Crippen LogP contribution in [0.15, 0.2) is 170 Å². The van der Waals surface area contributed by atoms with E-state index >= 15 is 0 Å². The van der Waals surface area contributed by atoms with E-state index in [2.05, 4.69) is 162 Å². The van der Waals surface area contributed by atoms with Gasteiger partial charge in [0.15, 0.2) is 0 Å². The Bertz CT molecular complexity index is 3220. The molecule has 4 nitrogen and oxygen atoms in total. The number of aromatic nitrogens is 3. The van der Waals surface area contributed by atoms with Crippen LogP contribution in [0, 0.1) is 6.85 Å². The van der Waals surface area contributed by atoms with Gasteiger partial charge < -0.3 is 5.11 Å². The van der Waals surface area contributed by atoms with Crippen molar-refractivity contribution in [1.82, 2.24) is 14.5 Å². The molecule has 7 aromatic carbocycles. The standard InChI is InChI=1S/C59H55N3O.Pt/c1-37(2)45-34-50(38(3)4)57(63)52(35-45)58-61-56-49(20-15-21-55(56)62(58)54-27-22-39(5)30-51(54)43-18-13-10-14-19-43)46-31-47(33-48(32-46)59(6,7)8)53-36-44(28-29-60-53)42-25-23-41(24-26-42)40-16-11-9-12-17-40;/h9-38,63H,1-8H3;/i5D3;. The van der Waals surface area contributed by atoms with Gasteiger partial charge in [0.2, 0.25) is 0 Å². The van der Waals surface area contributed by atoms with Crippen LogP contribution in [0.2, 0.25) is 0 Å². The van der Waals surface area contributed by atoms with E-state index in [4.69, 9.17) is 14.1 Å². The molecule has 1 N–H and O–H groups in total. The summed E-state index contributed by atoms with van der Waals surface area (Å²) in [5.41, 5.74) is 16.0. The van der Waals surface area contributed by atoms with Crippen LogP contribution in [0.3, 0.4) is 0 Å². The number of phenolic OH excluding ortho intramolecular Hbond substituents is 1. The Kier molecular flexibility index (Phi) is 11.4. The number of benzene rings is 7. The predicted molar refractivity (Wildman–Crippen MR) is 265 cm³/mol.